The minimum absolute atomic E-state index is 0.555. The van der Waals surface area contributed by atoms with Gasteiger partial charge in [-0.25, -0.2) is 0 Å². The summed E-state index contributed by atoms with van der Waals surface area (Å²) in [6.07, 6.45) is -4.15. The second-order valence-electron chi connectivity index (χ2n) is 3.40. The SMILES string of the molecule is CC(=O)OCC1(O)O[C@H](CO)[C@H](O)[C@H]1O. The van der Waals surface area contributed by atoms with Gasteiger partial charge in [-0.1, -0.05) is 0 Å². The van der Waals surface area contributed by atoms with Crippen LogP contribution in [0.25, 0.3) is 0 Å². The molecule has 1 heterocycles. The first-order valence-corrected chi connectivity index (χ1v) is 4.41. The van der Waals surface area contributed by atoms with Gasteiger partial charge in [0.2, 0.25) is 5.79 Å². The molecule has 4 N–H and O–H groups in total. The van der Waals surface area contributed by atoms with Gasteiger partial charge >= 0.3 is 5.97 Å². The summed E-state index contributed by atoms with van der Waals surface area (Å²) in [5.74, 6) is -2.82. The van der Waals surface area contributed by atoms with E-state index in [1.807, 2.05) is 0 Å². The molecule has 7 nitrogen and oxygen atoms in total. The summed E-state index contributed by atoms with van der Waals surface area (Å²) < 4.78 is 9.28. The molecule has 15 heavy (non-hydrogen) atoms. The Bertz CT molecular complexity index is 243. The zero-order chi connectivity index (χ0) is 11.6. The number of carbonyl (C=O) groups excluding carboxylic acids is 1. The van der Waals surface area contributed by atoms with E-state index in [2.05, 4.69) is 4.74 Å². The van der Waals surface area contributed by atoms with Crippen LogP contribution in [0.4, 0.5) is 0 Å². The van der Waals surface area contributed by atoms with E-state index >= 15 is 0 Å². The largest absolute Gasteiger partial charge is 0.460 e. The van der Waals surface area contributed by atoms with E-state index in [9.17, 15) is 20.1 Å². The van der Waals surface area contributed by atoms with E-state index in [0.717, 1.165) is 6.92 Å². The standard InChI is InChI=1S/C8H14O7/c1-4(10)14-3-8(13)7(12)6(11)5(2-9)15-8/h5-7,9,11-13H,2-3H2,1H3/t5-,6+,7-,8?/m1/s1. The Morgan fingerprint density at radius 1 is 1.53 bits per heavy atom. The van der Waals surface area contributed by atoms with Crippen LogP contribution in [0.15, 0.2) is 0 Å². The molecule has 0 aromatic carbocycles. The van der Waals surface area contributed by atoms with Crippen molar-refractivity contribution in [2.45, 2.75) is 31.0 Å². The topological polar surface area (TPSA) is 116 Å². The second-order valence-corrected chi connectivity index (χ2v) is 3.40. The Kier molecular flexibility index (Phi) is 3.63. The van der Waals surface area contributed by atoms with Crippen molar-refractivity contribution in [3.05, 3.63) is 0 Å². The first kappa shape index (κ1) is 12.3. The molecule has 7 heteroatoms. The molecule has 1 saturated heterocycles. The Hall–Kier alpha value is -0.730. The lowest BCUT2D eigenvalue weighted by atomic mass is 10.1. The fraction of sp³-hybridized carbons (Fsp3) is 0.875. The van der Waals surface area contributed by atoms with Crippen molar-refractivity contribution in [3.63, 3.8) is 0 Å². The summed E-state index contributed by atoms with van der Waals surface area (Å²) in [6.45, 7) is -0.0255. The van der Waals surface area contributed by atoms with Gasteiger partial charge in [-0.05, 0) is 0 Å². The minimum atomic E-state index is -2.17. The highest BCUT2D eigenvalue weighted by Crippen LogP contribution is 2.29. The van der Waals surface area contributed by atoms with Gasteiger partial charge in [0.25, 0.3) is 0 Å². The molecular weight excluding hydrogens is 208 g/mol. The highest BCUT2D eigenvalue weighted by atomic mass is 16.7. The number of esters is 1. The van der Waals surface area contributed by atoms with E-state index in [1.54, 1.807) is 0 Å². The lowest BCUT2D eigenvalue weighted by Gasteiger charge is -2.24. The van der Waals surface area contributed by atoms with Gasteiger partial charge < -0.3 is 29.9 Å². The van der Waals surface area contributed by atoms with Gasteiger partial charge in [0.15, 0.2) is 0 Å². The molecule has 0 saturated carbocycles. The Morgan fingerprint density at radius 2 is 2.13 bits per heavy atom. The smallest absolute Gasteiger partial charge is 0.302 e. The Morgan fingerprint density at radius 3 is 2.53 bits per heavy atom. The first-order chi connectivity index (χ1) is 6.90. The van der Waals surface area contributed by atoms with Gasteiger partial charge in [0, 0.05) is 6.92 Å². The fourth-order valence-corrected chi connectivity index (χ4v) is 1.34. The molecule has 4 atom stereocenters. The fourth-order valence-electron chi connectivity index (χ4n) is 1.34. The molecule has 0 aromatic rings. The number of rotatable bonds is 3. The second kappa shape index (κ2) is 4.42. The number of hydrogen-bond acceptors (Lipinski definition) is 7. The maximum atomic E-state index is 10.5. The molecule has 1 rings (SSSR count). The van der Waals surface area contributed by atoms with E-state index < -0.39 is 43.3 Å². The lowest BCUT2D eigenvalue weighted by molar-refractivity contribution is -0.252. The van der Waals surface area contributed by atoms with E-state index in [-0.39, 0.29) is 0 Å². The molecule has 0 spiro atoms. The molecule has 0 aliphatic carbocycles. The Labute approximate surface area is 85.9 Å². The van der Waals surface area contributed by atoms with E-state index in [0.29, 0.717) is 0 Å². The predicted octanol–water partition coefficient (Wildman–Crippen LogP) is -2.65. The quantitative estimate of drug-likeness (QED) is 0.385. The van der Waals surface area contributed by atoms with Crippen LogP contribution in [-0.2, 0) is 14.3 Å². The highest BCUT2D eigenvalue weighted by molar-refractivity contribution is 5.65. The third kappa shape index (κ3) is 2.44. The zero-order valence-corrected chi connectivity index (χ0v) is 8.16. The highest BCUT2D eigenvalue weighted by Gasteiger charge is 2.53. The van der Waals surface area contributed by atoms with Crippen molar-refractivity contribution in [3.8, 4) is 0 Å². The van der Waals surface area contributed by atoms with Crippen LogP contribution in [0.5, 0.6) is 0 Å². The molecule has 0 bridgehead atoms. The van der Waals surface area contributed by atoms with Crippen LogP contribution in [0.3, 0.4) is 0 Å². The summed E-state index contributed by atoms with van der Waals surface area (Å²) in [4.78, 5) is 10.5. The molecule has 0 aromatic heterocycles. The summed E-state index contributed by atoms with van der Waals surface area (Å²) in [5, 5.41) is 37.1. The number of ether oxygens (including phenoxy) is 2. The van der Waals surface area contributed by atoms with Gasteiger partial charge in [0.1, 0.15) is 24.9 Å². The van der Waals surface area contributed by atoms with Crippen LogP contribution in [0.1, 0.15) is 6.92 Å². The van der Waals surface area contributed by atoms with Crippen LogP contribution >= 0.6 is 0 Å². The van der Waals surface area contributed by atoms with Crippen LogP contribution in [-0.4, -0.2) is 63.7 Å². The van der Waals surface area contributed by atoms with Crippen molar-refractivity contribution >= 4 is 5.97 Å². The third-order valence-corrected chi connectivity index (χ3v) is 2.18. The van der Waals surface area contributed by atoms with Crippen molar-refractivity contribution in [2.75, 3.05) is 13.2 Å². The molecule has 1 fully saturated rings. The molecule has 1 aliphatic heterocycles. The number of hydrogen-bond donors (Lipinski definition) is 4. The van der Waals surface area contributed by atoms with Gasteiger partial charge in [0.05, 0.1) is 6.61 Å². The third-order valence-electron chi connectivity index (χ3n) is 2.18. The monoisotopic (exact) mass is 222 g/mol. The maximum Gasteiger partial charge on any atom is 0.302 e. The van der Waals surface area contributed by atoms with Crippen LogP contribution in [0, 0.1) is 0 Å². The molecule has 0 amide bonds. The average Bonchev–Trinajstić information content (AvgIpc) is 2.41. The normalized spacial score (nSPS) is 40.5. The van der Waals surface area contributed by atoms with Crippen molar-refractivity contribution in [2.24, 2.45) is 0 Å². The summed E-state index contributed by atoms with van der Waals surface area (Å²) in [5.41, 5.74) is 0. The minimum Gasteiger partial charge on any atom is -0.460 e. The summed E-state index contributed by atoms with van der Waals surface area (Å²) >= 11 is 0. The van der Waals surface area contributed by atoms with Gasteiger partial charge in [-0.3, -0.25) is 4.79 Å². The first-order valence-electron chi connectivity index (χ1n) is 4.41. The Balaban J connectivity index is 2.64. The van der Waals surface area contributed by atoms with Crippen molar-refractivity contribution < 1.29 is 34.7 Å². The van der Waals surface area contributed by atoms with Crippen molar-refractivity contribution in [1.29, 1.82) is 0 Å². The number of aliphatic hydroxyl groups excluding tert-OH is 3. The molecule has 88 valence electrons. The van der Waals surface area contributed by atoms with Crippen LogP contribution < -0.4 is 0 Å². The van der Waals surface area contributed by atoms with Crippen LogP contribution in [0.2, 0.25) is 0 Å². The number of carbonyl (C=O) groups is 1. The molecular formula is C8H14O7. The molecule has 1 unspecified atom stereocenters. The van der Waals surface area contributed by atoms with Gasteiger partial charge in [-0.15, -0.1) is 0 Å². The lowest BCUT2D eigenvalue weighted by Crippen LogP contribution is -2.47. The zero-order valence-electron chi connectivity index (χ0n) is 8.16. The summed E-state index contributed by atoms with van der Waals surface area (Å²) in [7, 11) is 0. The van der Waals surface area contributed by atoms with Gasteiger partial charge in [-0.2, -0.15) is 0 Å². The van der Waals surface area contributed by atoms with E-state index in [4.69, 9.17) is 9.84 Å². The predicted molar refractivity (Wildman–Crippen MR) is 45.6 cm³/mol. The maximum absolute atomic E-state index is 10.5. The summed E-state index contributed by atoms with van der Waals surface area (Å²) in [6, 6.07) is 0. The average molecular weight is 222 g/mol. The van der Waals surface area contributed by atoms with E-state index in [1.165, 1.54) is 0 Å². The molecule has 0 radical (unpaired) electrons. The van der Waals surface area contributed by atoms with Crippen molar-refractivity contribution in [1.82, 2.24) is 0 Å². The number of aliphatic hydroxyl groups is 4. The molecule has 1 aliphatic rings.